The molecule has 0 saturated heterocycles. The molecule has 0 aliphatic heterocycles. The van der Waals surface area contributed by atoms with Gasteiger partial charge in [0, 0.05) is 5.92 Å². The summed E-state index contributed by atoms with van der Waals surface area (Å²) in [6, 6.07) is 0. The lowest BCUT2D eigenvalue weighted by Crippen LogP contribution is -2.40. The highest BCUT2D eigenvalue weighted by molar-refractivity contribution is 5.93. The number of carbonyl (C=O) groups is 1. The zero-order chi connectivity index (χ0) is 12.8. The van der Waals surface area contributed by atoms with Crippen LogP contribution in [0.5, 0.6) is 0 Å². The normalized spacial score (nSPS) is 46.1. The Kier molecular flexibility index (Phi) is 2.95. The number of aliphatic hydroxyl groups is 2. The van der Waals surface area contributed by atoms with Crippen LogP contribution in [0.25, 0.3) is 0 Å². The minimum Gasteiger partial charge on any atom is -0.390 e. The zero-order valence-corrected chi connectivity index (χ0v) is 10.9. The van der Waals surface area contributed by atoms with Crippen molar-refractivity contribution in [3.8, 4) is 0 Å². The van der Waals surface area contributed by atoms with Crippen LogP contribution in [0.4, 0.5) is 0 Å². The first-order valence-corrected chi connectivity index (χ1v) is 6.40. The van der Waals surface area contributed by atoms with E-state index in [0.717, 1.165) is 12.0 Å². The highest BCUT2D eigenvalue weighted by atomic mass is 16.3. The van der Waals surface area contributed by atoms with Gasteiger partial charge in [-0.1, -0.05) is 6.08 Å². The number of hydrogen-bond donors (Lipinski definition) is 2. The summed E-state index contributed by atoms with van der Waals surface area (Å²) in [7, 11) is 0. The predicted octanol–water partition coefficient (Wildman–Crippen LogP) is 1.82. The molecule has 2 aliphatic rings. The summed E-state index contributed by atoms with van der Waals surface area (Å²) < 4.78 is 0. The van der Waals surface area contributed by atoms with Crippen LogP contribution >= 0.6 is 0 Å². The smallest absolute Gasteiger partial charge is 0.155 e. The average Bonchev–Trinajstić information content (AvgIpc) is 2.39. The minimum atomic E-state index is -0.792. The highest BCUT2D eigenvalue weighted by Gasteiger charge is 2.50. The Morgan fingerprint density at radius 3 is 2.53 bits per heavy atom. The molecule has 96 valence electrons. The third-order valence-corrected chi connectivity index (χ3v) is 4.65. The monoisotopic (exact) mass is 238 g/mol. The maximum Gasteiger partial charge on any atom is 0.155 e. The van der Waals surface area contributed by atoms with E-state index in [2.05, 4.69) is 0 Å². The first kappa shape index (κ1) is 12.8. The van der Waals surface area contributed by atoms with E-state index in [1.54, 1.807) is 6.92 Å². The van der Waals surface area contributed by atoms with Crippen molar-refractivity contribution >= 4 is 5.78 Å². The van der Waals surface area contributed by atoms with Crippen molar-refractivity contribution in [1.29, 1.82) is 0 Å². The van der Waals surface area contributed by atoms with Gasteiger partial charge in [-0.25, -0.2) is 0 Å². The van der Waals surface area contributed by atoms with Gasteiger partial charge in [-0.2, -0.15) is 0 Å². The molecule has 0 aromatic heterocycles. The molecule has 1 saturated carbocycles. The molecule has 0 radical (unpaired) electrons. The van der Waals surface area contributed by atoms with Crippen LogP contribution in [0.1, 0.15) is 46.5 Å². The molecule has 4 atom stereocenters. The quantitative estimate of drug-likeness (QED) is 0.732. The van der Waals surface area contributed by atoms with E-state index in [4.69, 9.17) is 0 Å². The molecule has 0 unspecified atom stereocenters. The van der Waals surface area contributed by atoms with Gasteiger partial charge in [-0.3, -0.25) is 4.79 Å². The summed E-state index contributed by atoms with van der Waals surface area (Å²) in [6.45, 7) is 5.21. The molecule has 0 aromatic carbocycles. The van der Waals surface area contributed by atoms with Crippen LogP contribution < -0.4 is 0 Å². The SMILES string of the molecule is CC(=O)C1=C[C@H]2[C@@H](CC[C@]2(C)O)[C@](C)(O)CC1. The summed E-state index contributed by atoms with van der Waals surface area (Å²) in [5.41, 5.74) is -0.807. The number of fused-ring (bicyclic) bond motifs is 1. The average molecular weight is 238 g/mol. The molecule has 3 heteroatoms. The summed E-state index contributed by atoms with van der Waals surface area (Å²) >= 11 is 0. The molecule has 0 aromatic rings. The Labute approximate surface area is 103 Å². The lowest BCUT2D eigenvalue weighted by atomic mass is 9.77. The van der Waals surface area contributed by atoms with E-state index in [9.17, 15) is 15.0 Å². The Bertz CT molecular complexity index is 366. The molecule has 3 nitrogen and oxygen atoms in total. The van der Waals surface area contributed by atoms with E-state index in [1.807, 2.05) is 19.9 Å². The number of hydrogen-bond acceptors (Lipinski definition) is 3. The molecule has 17 heavy (non-hydrogen) atoms. The lowest BCUT2D eigenvalue weighted by Gasteiger charge is -2.34. The fourth-order valence-corrected chi connectivity index (χ4v) is 3.39. The third kappa shape index (κ3) is 2.18. The van der Waals surface area contributed by atoms with Gasteiger partial charge in [0.05, 0.1) is 11.2 Å². The topological polar surface area (TPSA) is 57.5 Å². The van der Waals surface area contributed by atoms with Crippen LogP contribution in [-0.2, 0) is 4.79 Å². The number of ketones is 1. The fraction of sp³-hybridized carbons (Fsp3) is 0.786. The first-order chi connectivity index (χ1) is 7.74. The van der Waals surface area contributed by atoms with Gasteiger partial charge in [0.15, 0.2) is 5.78 Å². The van der Waals surface area contributed by atoms with Crippen molar-refractivity contribution in [2.75, 3.05) is 0 Å². The molecule has 0 bridgehead atoms. The summed E-state index contributed by atoms with van der Waals surface area (Å²) in [4.78, 5) is 11.5. The highest BCUT2D eigenvalue weighted by Crippen LogP contribution is 2.49. The van der Waals surface area contributed by atoms with Crippen molar-refractivity contribution in [3.05, 3.63) is 11.6 Å². The van der Waals surface area contributed by atoms with Crippen molar-refractivity contribution in [2.45, 2.75) is 57.7 Å². The van der Waals surface area contributed by atoms with Crippen molar-refractivity contribution in [2.24, 2.45) is 11.8 Å². The van der Waals surface area contributed by atoms with Gasteiger partial charge in [-0.05, 0) is 57.9 Å². The molecule has 0 heterocycles. The van der Waals surface area contributed by atoms with Crippen LogP contribution in [0.3, 0.4) is 0 Å². The molecular weight excluding hydrogens is 216 g/mol. The van der Waals surface area contributed by atoms with Crippen LogP contribution in [0, 0.1) is 11.8 Å². The van der Waals surface area contributed by atoms with Gasteiger partial charge < -0.3 is 10.2 Å². The first-order valence-electron chi connectivity index (χ1n) is 6.40. The van der Waals surface area contributed by atoms with Gasteiger partial charge in [-0.15, -0.1) is 0 Å². The largest absolute Gasteiger partial charge is 0.390 e. The molecule has 2 N–H and O–H groups in total. The van der Waals surface area contributed by atoms with Crippen molar-refractivity contribution in [1.82, 2.24) is 0 Å². The third-order valence-electron chi connectivity index (χ3n) is 4.65. The van der Waals surface area contributed by atoms with Gasteiger partial charge in [0.1, 0.15) is 0 Å². The number of Topliss-reactive ketones (excluding diaryl/α,β-unsaturated/α-hetero) is 1. The Hall–Kier alpha value is -0.670. The van der Waals surface area contributed by atoms with E-state index in [1.165, 1.54) is 0 Å². The summed E-state index contributed by atoms with van der Waals surface area (Å²) in [6.07, 6.45) is 4.66. The van der Waals surface area contributed by atoms with Crippen LogP contribution in [0.15, 0.2) is 11.6 Å². The summed E-state index contributed by atoms with van der Waals surface area (Å²) in [5.74, 6) is 0.0254. The molecule has 1 fully saturated rings. The second-order valence-corrected chi connectivity index (χ2v) is 6.13. The number of carbonyl (C=O) groups excluding carboxylic acids is 1. The zero-order valence-electron chi connectivity index (χ0n) is 10.9. The van der Waals surface area contributed by atoms with Crippen LogP contribution in [-0.4, -0.2) is 27.2 Å². The number of allylic oxidation sites excluding steroid dienone is 1. The van der Waals surface area contributed by atoms with Gasteiger partial charge in [0.25, 0.3) is 0 Å². The van der Waals surface area contributed by atoms with Gasteiger partial charge >= 0.3 is 0 Å². The lowest BCUT2D eigenvalue weighted by molar-refractivity contribution is -0.113. The molecule has 2 rings (SSSR count). The molecule has 0 amide bonds. The Balaban J connectivity index is 2.40. The summed E-state index contributed by atoms with van der Waals surface area (Å²) in [5, 5.41) is 20.9. The predicted molar refractivity (Wildman–Crippen MR) is 65.5 cm³/mol. The standard InChI is InChI=1S/C14H22O3/c1-9(15)10-4-6-13(2,16)11-5-7-14(3,17)12(11)8-10/h8,11-12,16-17H,4-7H2,1-3H3/t11-,12+,13-,14+/m1/s1. The van der Waals surface area contributed by atoms with E-state index in [0.29, 0.717) is 19.3 Å². The molecular formula is C14H22O3. The molecule has 0 spiro atoms. The maximum absolute atomic E-state index is 11.5. The van der Waals surface area contributed by atoms with Crippen molar-refractivity contribution in [3.63, 3.8) is 0 Å². The Morgan fingerprint density at radius 1 is 1.29 bits per heavy atom. The molecule has 2 aliphatic carbocycles. The minimum absolute atomic E-state index is 0.0594. The maximum atomic E-state index is 11.5. The van der Waals surface area contributed by atoms with E-state index < -0.39 is 11.2 Å². The second-order valence-electron chi connectivity index (χ2n) is 6.13. The van der Waals surface area contributed by atoms with Gasteiger partial charge in [0.2, 0.25) is 0 Å². The van der Waals surface area contributed by atoms with E-state index in [-0.39, 0.29) is 17.6 Å². The fourth-order valence-electron chi connectivity index (χ4n) is 3.39. The van der Waals surface area contributed by atoms with E-state index >= 15 is 0 Å². The van der Waals surface area contributed by atoms with Crippen LogP contribution in [0.2, 0.25) is 0 Å². The second kappa shape index (κ2) is 3.92. The van der Waals surface area contributed by atoms with Crippen molar-refractivity contribution < 1.29 is 15.0 Å². The number of rotatable bonds is 1. The Morgan fingerprint density at radius 2 is 1.94 bits per heavy atom.